The van der Waals surface area contributed by atoms with Gasteiger partial charge < -0.3 is 15.4 Å². The number of hydrogen-bond acceptors (Lipinski definition) is 3. The zero-order valence-electron chi connectivity index (χ0n) is 13.2. The van der Waals surface area contributed by atoms with Gasteiger partial charge in [-0.25, -0.2) is 0 Å². The van der Waals surface area contributed by atoms with Crippen LogP contribution in [0.15, 0.2) is 12.1 Å². The van der Waals surface area contributed by atoms with E-state index in [-0.39, 0.29) is 6.04 Å². The second kappa shape index (κ2) is 6.92. The molecule has 0 fully saturated rings. The summed E-state index contributed by atoms with van der Waals surface area (Å²) in [4.78, 5) is 2.27. The summed E-state index contributed by atoms with van der Waals surface area (Å²) in [5, 5.41) is 0. The van der Waals surface area contributed by atoms with Crippen molar-refractivity contribution >= 4 is 0 Å². The van der Waals surface area contributed by atoms with Gasteiger partial charge in [0.15, 0.2) is 0 Å². The molecule has 1 rings (SSSR count). The molecule has 3 heteroatoms. The topological polar surface area (TPSA) is 38.5 Å². The Kier molecular flexibility index (Phi) is 5.83. The summed E-state index contributed by atoms with van der Waals surface area (Å²) in [5.41, 5.74) is 9.75. The number of benzene rings is 1. The van der Waals surface area contributed by atoms with E-state index in [9.17, 15) is 0 Å². The fraction of sp³-hybridized carbons (Fsp3) is 0.625. The van der Waals surface area contributed by atoms with E-state index in [0.717, 1.165) is 18.8 Å². The average molecular weight is 264 g/mol. The van der Waals surface area contributed by atoms with Gasteiger partial charge in [-0.15, -0.1) is 0 Å². The second-order valence-corrected chi connectivity index (χ2v) is 5.85. The van der Waals surface area contributed by atoms with E-state index in [1.165, 1.54) is 16.7 Å². The van der Waals surface area contributed by atoms with Crippen LogP contribution in [0.2, 0.25) is 0 Å². The maximum absolute atomic E-state index is 5.85. The smallest absolute Gasteiger partial charge is 0.122 e. The Labute approximate surface area is 117 Å². The third kappa shape index (κ3) is 4.51. The number of rotatable bonds is 6. The molecule has 0 spiro atoms. The summed E-state index contributed by atoms with van der Waals surface area (Å²) >= 11 is 0. The van der Waals surface area contributed by atoms with Crippen molar-refractivity contribution in [3.63, 3.8) is 0 Å². The number of nitrogens with zero attached hydrogens (tertiary/aromatic N) is 1. The highest BCUT2D eigenvalue weighted by molar-refractivity contribution is 5.43. The van der Waals surface area contributed by atoms with E-state index in [4.69, 9.17) is 10.5 Å². The van der Waals surface area contributed by atoms with Crippen LogP contribution in [0, 0.1) is 6.92 Å². The molecule has 19 heavy (non-hydrogen) atoms. The van der Waals surface area contributed by atoms with Gasteiger partial charge in [-0.2, -0.15) is 0 Å². The Morgan fingerprint density at radius 3 is 2.37 bits per heavy atom. The van der Waals surface area contributed by atoms with Crippen molar-refractivity contribution in [1.82, 2.24) is 4.90 Å². The molecule has 3 nitrogen and oxygen atoms in total. The molecule has 0 aliphatic rings. The maximum Gasteiger partial charge on any atom is 0.122 e. The van der Waals surface area contributed by atoms with Crippen LogP contribution in [-0.2, 0) is 6.54 Å². The first-order chi connectivity index (χ1) is 8.85. The third-order valence-electron chi connectivity index (χ3n) is 3.35. The van der Waals surface area contributed by atoms with Crippen molar-refractivity contribution < 1.29 is 4.74 Å². The summed E-state index contributed by atoms with van der Waals surface area (Å²) in [6, 6.07) is 4.62. The van der Waals surface area contributed by atoms with Crippen molar-refractivity contribution in [2.45, 2.75) is 46.2 Å². The van der Waals surface area contributed by atoms with Gasteiger partial charge in [0.2, 0.25) is 0 Å². The normalized spacial score (nSPS) is 13.1. The van der Waals surface area contributed by atoms with E-state index < -0.39 is 0 Å². The largest absolute Gasteiger partial charge is 0.496 e. The van der Waals surface area contributed by atoms with E-state index in [1.807, 2.05) is 6.92 Å². The van der Waals surface area contributed by atoms with Gasteiger partial charge in [-0.3, -0.25) is 0 Å². The molecule has 0 aliphatic carbocycles. The highest BCUT2D eigenvalue weighted by Crippen LogP contribution is 2.30. The molecule has 1 aromatic rings. The lowest BCUT2D eigenvalue weighted by molar-refractivity contribution is 0.309. The zero-order valence-corrected chi connectivity index (χ0v) is 13.2. The van der Waals surface area contributed by atoms with E-state index in [1.54, 1.807) is 7.11 Å². The zero-order chi connectivity index (χ0) is 14.6. The number of nitrogens with two attached hydrogens (primary N) is 1. The van der Waals surface area contributed by atoms with Crippen molar-refractivity contribution in [2.24, 2.45) is 5.73 Å². The number of methoxy groups -OCH3 is 1. The van der Waals surface area contributed by atoms with Gasteiger partial charge in [0, 0.05) is 19.1 Å². The summed E-state index contributed by atoms with van der Waals surface area (Å²) < 4.78 is 5.48. The van der Waals surface area contributed by atoms with Crippen molar-refractivity contribution in [3.05, 3.63) is 28.8 Å². The average Bonchev–Trinajstić information content (AvgIpc) is 2.29. The summed E-state index contributed by atoms with van der Waals surface area (Å²) in [7, 11) is 3.85. The van der Waals surface area contributed by atoms with Crippen molar-refractivity contribution in [2.75, 3.05) is 20.7 Å². The molecular weight excluding hydrogens is 236 g/mol. The predicted molar refractivity (Wildman–Crippen MR) is 81.8 cm³/mol. The quantitative estimate of drug-likeness (QED) is 0.858. The molecule has 0 saturated carbocycles. The number of aryl methyl sites for hydroxylation is 1. The first-order valence-corrected chi connectivity index (χ1v) is 6.96. The molecule has 0 heterocycles. The Morgan fingerprint density at radius 1 is 1.26 bits per heavy atom. The van der Waals surface area contributed by atoms with Gasteiger partial charge in [-0.05, 0) is 49.6 Å². The molecule has 1 unspecified atom stereocenters. The monoisotopic (exact) mass is 264 g/mol. The van der Waals surface area contributed by atoms with Crippen LogP contribution in [0.25, 0.3) is 0 Å². The van der Waals surface area contributed by atoms with Crippen LogP contribution >= 0.6 is 0 Å². The molecule has 0 aliphatic heterocycles. The third-order valence-corrected chi connectivity index (χ3v) is 3.35. The van der Waals surface area contributed by atoms with Gasteiger partial charge in [-0.1, -0.05) is 19.9 Å². The van der Waals surface area contributed by atoms with Crippen LogP contribution < -0.4 is 10.5 Å². The first kappa shape index (κ1) is 16.0. The minimum absolute atomic E-state index is 0.202. The number of hydrogen-bond donors (Lipinski definition) is 1. The van der Waals surface area contributed by atoms with Gasteiger partial charge in [0.25, 0.3) is 0 Å². The minimum Gasteiger partial charge on any atom is -0.496 e. The van der Waals surface area contributed by atoms with Crippen LogP contribution in [0.3, 0.4) is 0 Å². The number of likely N-dealkylation sites (N-methyl/N-ethyl adjacent to an activating group) is 1. The summed E-state index contributed by atoms with van der Waals surface area (Å²) in [5.74, 6) is 1.46. The predicted octanol–water partition coefficient (Wildman–Crippen LogP) is 2.91. The molecule has 2 N–H and O–H groups in total. The molecule has 0 bridgehead atoms. The van der Waals surface area contributed by atoms with Crippen LogP contribution in [0.1, 0.15) is 43.4 Å². The fourth-order valence-electron chi connectivity index (χ4n) is 2.39. The van der Waals surface area contributed by atoms with Gasteiger partial charge >= 0.3 is 0 Å². The molecule has 0 amide bonds. The summed E-state index contributed by atoms with van der Waals surface area (Å²) in [6.07, 6.45) is 0. The molecule has 1 aromatic carbocycles. The van der Waals surface area contributed by atoms with E-state index in [0.29, 0.717) is 5.92 Å². The lowest BCUT2D eigenvalue weighted by Gasteiger charge is -2.22. The Morgan fingerprint density at radius 2 is 1.89 bits per heavy atom. The molecule has 0 saturated heterocycles. The highest BCUT2D eigenvalue weighted by Gasteiger charge is 2.12. The van der Waals surface area contributed by atoms with Gasteiger partial charge in [0.05, 0.1) is 7.11 Å². The fourth-order valence-corrected chi connectivity index (χ4v) is 2.39. The SMILES string of the molecule is COc1cc(C)c(CN(C)CC(C)N)cc1C(C)C. The Bertz CT molecular complexity index is 413. The van der Waals surface area contributed by atoms with Crippen LogP contribution in [-0.4, -0.2) is 31.6 Å². The lowest BCUT2D eigenvalue weighted by Crippen LogP contribution is -2.32. The first-order valence-electron chi connectivity index (χ1n) is 6.96. The van der Waals surface area contributed by atoms with Gasteiger partial charge in [0.1, 0.15) is 5.75 Å². The summed E-state index contributed by atoms with van der Waals surface area (Å²) in [6.45, 7) is 10.4. The van der Waals surface area contributed by atoms with E-state index >= 15 is 0 Å². The highest BCUT2D eigenvalue weighted by atomic mass is 16.5. The molecule has 0 radical (unpaired) electrons. The standard InChI is InChI=1S/C16H28N2O/c1-11(2)15-8-14(10-18(5)9-13(4)17)12(3)7-16(15)19-6/h7-8,11,13H,9-10,17H2,1-6H3. The van der Waals surface area contributed by atoms with Crippen LogP contribution in [0.5, 0.6) is 5.75 Å². The molecule has 0 aromatic heterocycles. The number of ether oxygens (including phenoxy) is 1. The molecule has 1 atom stereocenters. The molecular formula is C16H28N2O. The lowest BCUT2D eigenvalue weighted by atomic mass is 9.96. The minimum atomic E-state index is 0.202. The molecule has 108 valence electrons. The Balaban J connectivity index is 2.98. The second-order valence-electron chi connectivity index (χ2n) is 5.85. The van der Waals surface area contributed by atoms with Crippen molar-refractivity contribution in [1.29, 1.82) is 0 Å². The van der Waals surface area contributed by atoms with Crippen LogP contribution in [0.4, 0.5) is 0 Å². The maximum atomic E-state index is 5.85. The van der Waals surface area contributed by atoms with E-state index in [2.05, 4.69) is 44.9 Å². The Hall–Kier alpha value is -1.06. The van der Waals surface area contributed by atoms with Crippen molar-refractivity contribution in [3.8, 4) is 5.75 Å².